The van der Waals surface area contributed by atoms with E-state index in [1.54, 1.807) is 17.4 Å². The molecule has 0 saturated heterocycles. The number of aryl methyl sites for hydroxylation is 1. The molecule has 102 valence electrons. The number of halogens is 1. The van der Waals surface area contributed by atoms with Crippen LogP contribution in [0.1, 0.15) is 23.2 Å². The zero-order valence-corrected chi connectivity index (χ0v) is 12.1. The Hall–Kier alpha value is -1.26. The van der Waals surface area contributed by atoms with E-state index in [0.717, 1.165) is 29.2 Å². The maximum atomic E-state index is 13.5. The van der Waals surface area contributed by atoms with E-state index < -0.39 is 0 Å². The number of hydrogen-bond donors (Lipinski definition) is 1. The minimum Gasteiger partial charge on any atom is -0.314 e. The normalized spacial score (nSPS) is 12.6. The SMILES string of the molecule is Cc1nc(CCNC(C)Cc2ccccc2F)cs1. The Morgan fingerprint density at radius 3 is 2.84 bits per heavy atom. The molecule has 0 fully saturated rings. The summed E-state index contributed by atoms with van der Waals surface area (Å²) < 4.78 is 13.5. The van der Waals surface area contributed by atoms with Gasteiger partial charge in [-0.25, -0.2) is 9.37 Å². The molecule has 0 amide bonds. The molecule has 0 aliphatic rings. The molecule has 2 rings (SSSR count). The van der Waals surface area contributed by atoms with Crippen LogP contribution in [-0.4, -0.2) is 17.6 Å². The van der Waals surface area contributed by atoms with Gasteiger partial charge in [-0.2, -0.15) is 0 Å². The summed E-state index contributed by atoms with van der Waals surface area (Å²) in [6, 6.07) is 7.22. The lowest BCUT2D eigenvalue weighted by molar-refractivity contribution is 0.527. The molecule has 0 aliphatic heterocycles. The summed E-state index contributed by atoms with van der Waals surface area (Å²) in [4.78, 5) is 4.42. The van der Waals surface area contributed by atoms with Crippen LogP contribution in [0.5, 0.6) is 0 Å². The third-order valence-electron chi connectivity index (χ3n) is 3.02. The third kappa shape index (κ3) is 4.40. The Morgan fingerprint density at radius 2 is 2.16 bits per heavy atom. The number of nitrogens with zero attached hydrogens (tertiary/aromatic N) is 1. The van der Waals surface area contributed by atoms with E-state index >= 15 is 0 Å². The lowest BCUT2D eigenvalue weighted by Crippen LogP contribution is -2.30. The van der Waals surface area contributed by atoms with Crippen molar-refractivity contribution in [1.82, 2.24) is 10.3 Å². The van der Waals surface area contributed by atoms with Crippen LogP contribution >= 0.6 is 11.3 Å². The predicted octanol–water partition coefficient (Wildman–Crippen LogP) is 3.35. The minimum atomic E-state index is -0.119. The lowest BCUT2D eigenvalue weighted by atomic mass is 10.1. The molecule has 0 spiro atoms. The maximum Gasteiger partial charge on any atom is 0.126 e. The molecule has 2 aromatic rings. The van der Waals surface area contributed by atoms with Crippen LogP contribution in [0.3, 0.4) is 0 Å². The molecular weight excluding hydrogens is 259 g/mol. The molecule has 0 saturated carbocycles. The van der Waals surface area contributed by atoms with Gasteiger partial charge in [-0.15, -0.1) is 11.3 Å². The zero-order chi connectivity index (χ0) is 13.7. The van der Waals surface area contributed by atoms with E-state index in [9.17, 15) is 4.39 Å². The Kier molecular flexibility index (Phi) is 5.05. The summed E-state index contributed by atoms with van der Waals surface area (Å²) in [5.74, 6) is -0.119. The molecule has 0 bridgehead atoms. The van der Waals surface area contributed by atoms with E-state index in [1.807, 2.05) is 19.1 Å². The summed E-state index contributed by atoms with van der Waals surface area (Å²) in [6.07, 6.45) is 1.63. The summed E-state index contributed by atoms with van der Waals surface area (Å²) in [5.41, 5.74) is 1.90. The van der Waals surface area contributed by atoms with Crippen LogP contribution in [0, 0.1) is 12.7 Å². The van der Waals surface area contributed by atoms with Gasteiger partial charge in [0.2, 0.25) is 0 Å². The minimum absolute atomic E-state index is 0.119. The summed E-state index contributed by atoms with van der Waals surface area (Å²) in [7, 11) is 0. The quantitative estimate of drug-likeness (QED) is 0.876. The smallest absolute Gasteiger partial charge is 0.126 e. The Bertz CT molecular complexity index is 524. The first kappa shape index (κ1) is 14.2. The molecule has 1 N–H and O–H groups in total. The molecule has 1 unspecified atom stereocenters. The van der Waals surface area contributed by atoms with Crippen LogP contribution in [-0.2, 0) is 12.8 Å². The average molecular weight is 278 g/mol. The van der Waals surface area contributed by atoms with E-state index in [1.165, 1.54) is 6.07 Å². The van der Waals surface area contributed by atoms with Crippen molar-refractivity contribution in [2.45, 2.75) is 32.7 Å². The van der Waals surface area contributed by atoms with Gasteiger partial charge in [0.25, 0.3) is 0 Å². The van der Waals surface area contributed by atoms with Crippen molar-refractivity contribution in [2.24, 2.45) is 0 Å². The molecule has 0 aliphatic carbocycles. The van der Waals surface area contributed by atoms with Gasteiger partial charge in [0.05, 0.1) is 10.7 Å². The second-order valence-electron chi connectivity index (χ2n) is 4.76. The molecule has 19 heavy (non-hydrogen) atoms. The van der Waals surface area contributed by atoms with Crippen LogP contribution in [0.25, 0.3) is 0 Å². The van der Waals surface area contributed by atoms with Crippen molar-refractivity contribution < 1.29 is 4.39 Å². The molecule has 2 nitrogen and oxygen atoms in total. The highest BCUT2D eigenvalue weighted by atomic mass is 32.1. The molecule has 1 aromatic heterocycles. The van der Waals surface area contributed by atoms with Crippen molar-refractivity contribution in [1.29, 1.82) is 0 Å². The molecule has 1 heterocycles. The molecular formula is C15H19FN2S. The standard InChI is InChI=1S/C15H19FN2S/c1-11(9-13-5-3-4-6-15(13)16)17-8-7-14-10-19-12(2)18-14/h3-6,10-11,17H,7-9H2,1-2H3. The van der Waals surface area contributed by atoms with Gasteiger partial charge >= 0.3 is 0 Å². The fraction of sp³-hybridized carbons (Fsp3) is 0.400. The van der Waals surface area contributed by atoms with Crippen LogP contribution in [0.15, 0.2) is 29.6 Å². The van der Waals surface area contributed by atoms with Gasteiger partial charge < -0.3 is 5.32 Å². The fourth-order valence-corrected chi connectivity index (χ4v) is 2.68. The van der Waals surface area contributed by atoms with Gasteiger partial charge in [0.15, 0.2) is 0 Å². The first-order valence-corrected chi connectivity index (χ1v) is 7.41. The number of aromatic nitrogens is 1. The van der Waals surface area contributed by atoms with Gasteiger partial charge in [0.1, 0.15) is 5.82 Å². The zero-order valence-electron chi connectivity index (χ0n) is 11.3. The van der Waals surface area contributed by atoms with Crippen LogP contribution < -0.4 is 5.32 Å². The number of rotatable bonds is 6. The molecule has 1 atom stereocenters. The highest BCUT2D eigenvalue weighted by molar-refractivity contribution is 7.09. The van der Waals surface area contributed by atoms with Crippen LogP contribution in [0.4, 0.5) is 4.39 Å². The van der Waals surface area contributed by atoms with E-state index in [2.05, 4.69) is 22.6 Å². The molecule has 4 heteroatoms. The molecule has 0 radical (unpaired) electrons. The second kappa shape index (κ2) is 6.78. The Balaban J connectivity index is 1.76. The molecule has 1 aromatic carbocycles. The number of hydrogen-bond acceptors (Lipinski definition) is 3. The van der Waals surface area contributed by atoms with Gasteiger partial charge in [0, 0.05) is 24.4 Å². The number of thiazole rings is 1. The van der Waals surface area contributed by atoms with Crippen molar-refractivity contribution in [2.75, 3.05) is 6.54 Å². The largest absolute Gasteiger partial charge is 0.314 e. The third-order valence-corrected chi connectivity index (χ3v) is 3.85. The highest BCUT2D eigenvalue weighted by Gasteiger charge is 2.07. The Labute approximate surface area is 117 Å². The monoisotopic (exact) mass is 278 g/mol. The first-order chi connectivity index (χ1) is 9.15. The average Bonchev–Trinajstić information content (AvgIpc) is 2.78. The van der Waals surface area contributed by atoms with Crippen molar-refractivity contribution in [3.63, 3.8) is 0 Å². The fourth-order valence-electron chi connectivity index (χ4n) is 2.04. The Morgan fingerprint density at radius 1 is 1.37 bits per heavy atom. The number of benzene rings is 1. The maximum absolute atomic E-state index is 13.5. The van der Waals surface area contributed by atoms with E-state index in [0.29, 0.717) is 6.42 Å². The lowest BCUT2D eigenvalue weighted by Gasteiger charge is -2.13. The van der Waals surface area contributed by atoms with Crippen molar-refractivity contribution in [3.05, 3.63) is 51.7 Å². The van der Waals surface area contributed by atoms with Gasteiger partial charge in [-0.05, 0) is 31.9 Å². The van der Waals surface area contributed by atoms with Gasteiger partial charge in [-0.3, -0.25) is 0 Å². The predicted molar refractivity (Wildman–Crippen MR) is 78.1 cm³/mol. The summed E-state index contributed by atoms with van der Waals surface area (Å²) in [6.45, 7) is 4.97. The van der Waals surface area contributed by atoms with Crippen molar-refractivity contribution in [3.8, 4) is 0 Å². The van der Waals surface area contributed by atoms with Gasteiger partial charge in [-0.1, -0.05) is 18.2 Å². The second-order valence-corrected chi connectivity index (χ2v) is 5.82. The van der Waals surface area contributed by atoms with E-state index in [4.69, 9.17) is 0 Å². The first-order valence-electron chi connectivity index (χ1n) is 6.53. The number of nitrogens with one attached hydrogen (secondary N) is 1. The highest BCUT2D eigenvalue weighted by Crippen LogP contribution is 2.10. The van der Waals surface area contributed by atoms with E-state index in [-0.39, 0.29) is 11.9 Å². The van der Waals surface area contributed by atoms with Crippen molar-refractivity contribution >= 4 is 11.3 Å². The topological polar surface area (TPSA) is 24.9 Å². The van der Waals surface area contributed by atoms with Crippen LogP contribution in [0.2, 0.25) is 0 Å². The summed E-state index contributed by atoms with van der Waals surface area (Å²) >= 11 is 1.68. The summed E-state index contributed by atoms with van der Waals surface area (Å²) in [5, 5.41) is 6.62.